The van der Waals surface area contributed by atoms with E-state index in [-0.39, 0.29) is 11.3 Å². The molecule has 0 unspecified atom stereocenters. The Labute approximate surface area is 213 Å². The van der Waals surface area contributed by atoms with Gasteiger partial charge in [-0.05, 0) is 63.9 Å². The van der Waals surface area contributed by atoms with Gasteiger partial charge in [0.2, 0.25) is 5.95 Å². The number of rotatable bonds is 4. The number of fused-ring (bicyclic) bond motifs is 1. The molecule has 0 saturated carbocycles. The molecule has 1 N–H and O–H groups in total. The molecule has 1 aliphatic heterocycles. The molecule has 4 aromatic rings. The van der Waals surface area contributed by atoms with Crippen LogP contribution in [0.2, 0.25) is 0 Å². The van der Waals surface area contributed by atoms with Gasteiger partial charge >= 0.3 is 0 Å². The number of morpholine rings is 1. The number of nitrogens with zero attached hydrogens (tertiary/aromatic N) is 5. The first kappa shape index (κ1) is 24.9. The van der Waals surface area contributed by atoms with Crippen molar-refractivity contribution in [2.24, 2.45) is 0 Å². The van der Waals surface area contributed by atoms with Crippen LogP contribution in [-0.2, 0) is 10.3 Å². The molecule has 37 heavy (non-hydrogen) atoms. The van der Waals surface area contributed by atoms with Crippen molar-refractivity contribution >= 4 is 22.9 Å². The molecule has 5 rings (SSSR count). The number of benzene rings is 1. The van der Waals surface area contributed by atoms with Gasteiger partial charge in [0.1, 0.15) is 11.4 Å². The third-order valence-corrected chi connectivity index (χ3v) is 6.59. The van der Waals surface area contributed by atoms with Gasteiger partial charge in [0.25, 0.3) is 5.91 Å². The summed E-state index contributed by atoms with van der Waals surface area (Å²) in [5.74, 6) is -2.14. The van der Waals surface area contributed by atoms with Crippen molar-refractivity contribution < 1.29 is 18.3 Å². The van der Waals surface area contributed by atoms with E-state index in [1.54, 1.807) is 26.8 Å². The molecule has 1 amide bonds. The molecular weight excluding hydrogens is 478 g/mol. The molecule has 8 nitrogen and oxygen atoms in total. The number of pyridine rings is 1. The molecule has 194 valence electrons. The number of imidazole rings is 1. The predicted molar refractivity (Wildman–Crippen MR) is 138 cm³/mol. The van der Waals surface area contributed by atoms with E-state index in [9.17, 15) is 13.6 Å². The fourth-order valence-electron chi connectivity index (χ4n) is 4.59. The van der Waals surface area contributed by atoms with E-state index in [1.165, 1.54) is 6.07 Å². The minimum absolute atomic E-state index is 0.0381. The number of aryl methyl sites for hydroxylation is 2. The van der Waals surface area contributed by atoms with Crippen molar-refractivity contribution in [2.75, 3.05) is 36.5 Å². The van der Waals surface area contributed by atoms with Crippen molar-refractivity contribution in [2.45, 2.75) is 40.2 Å². The highest BCUT2D eigenvalue weighted by molar-refractivity contribution is 6.04. The number of halogens is 2. The SMILES string of the molecule is Cc1cc(F)c(NC(=O)c2cnn(C(C)(C)C)c2F)cc1-c1cc(N2CCOCC2)c2ncc(C)n2c1. The van der Waals surface area contributed by atoms with E-state index in [2.05, 4.69) is 20.3 Å². The minimum atomic E-state index is -0.770. The largest absolute Gasteiger partial charge is 0.378 e. The average molecular weight is 509 g/mol. The van der Waals surface area contributed by atoms with E-state index in [4.69, 9.17) is 4.74 Å². The molecule has 4 heterocycles. The van der Waals surface area contributed by atoms with Gasteiger partial charge in [-0.15, -0.1) is 0 Å². The number of nitrogens with one attached hydrogen (secondary N) is 1. The van der Waals surface area contributed by atoms with Crippen LogP contribution in [0.4, 0.5) is 20.2 Å². The Morgan fingerprint density at radius 1 is 1.08 bits per heavy atom. The Balaban J connectivity index is 1.55. The van der Waals surface area contributed by atoms with Crippen LogP contribution >= 0.6 is 0 Å². The number of carbonyl (C=O) groups excluding carboxylic acids is 1. The molecule has 0 spiro atoms. The smallest absolute Gasteiger partial charge is 0.262 e. The summed E-state index contributed by atoms with van der Waals surface area (Å²) in [5, 5.41) is 6.54. The number of carbonyl (C=O) groups is 1. The van der Waals surface area contributed by atoms with E-state index in [0.717, 1.165) is 52.1 Å². The van der Waals surface area contributed by atoms with Crippen molar-refractivity contribution in [1.82, 2.24) is 19.2 Å². The monoisotopic (exact) mass is 508 g/mol. The zero-order valence-electron chi connectivity index (χ0n) is 21.6. The van der Waals surface area contributed by atoms with Crippen LogP contribution in [0.3, 0.4) is 0 Å². The third kappa shape index (κ3) is 4.57. The van der Waals surface area contributed by atoms with E-state index in [0.29, 0.717) is 18.8 Å². The standard InChI is InChI=1S/C27H30F2N6O2/c1-16-10-21(28)22(32-26(36)20-14-31-35(24(20)29)27(3,4)5)12-19(16)18-11-23(33-6-8-37-9-7-33)25-30-13-17(2)34(25)15-18/h10-15H,6-9H2,1-5H3,(H,32,36). The molecule has 3 aromatic heterocycles. The summed E-state index contributed by atoms with van der Waals surface area (Å²) in [5.41, 5.74) is 4.11. The summed E-state index contributed by atoms with van der Waals surface area (Å²) in [6.45, 7) is 11.9. The highest BCUT2D eigenvalue weighted by Gasteiger charge is 2.25. The van der Waals surface area contributed by atoms with Crippen molar-refractivity contribution in [3.8, 4) is 11.1 Å². The average Bonchev–Trinajstić information content (AvgIpc) is 3.43. The maximum absolute atomic E-state index is 15.0. The first-order chi connectivity index (χ1) is 17.5. The maximum Gasteiger partial charge on any atom is 0.262 e. The maximum atomic E-state index is 15.0. The van der Waals surface area contributed by atoms with Crippen molar-refractivity contribution in [1.29, 1.82) is 0 Å². The molecule has 1 aromatic carbocycles. The van der Waals surface area contributed by atoms with Crippen LogP contribution in [0.1, 0.15) is 42.4 Å². The summed E-state index contributed by atoms with van der Waals surface area (Å²) < 4.78 is 38.5. The number of aromatic nitrogens is 4. The van der Waals surface area contributed by atoms with Gasteiger partial charge in [0.05, 0.1) is 36.3 Å². The molecule has 0 bridgehead atoms. The number of amides is 1. The minimum Gasteiger partial charge on any atom is -0.378 e. The van der Waals surface area contributed by atoms with Crippen LogP contribution in [0, 0.1) is 25.6 Å². The second-order valence-electron chi connectivity index (χ2n) is 10.3. The van der Waals surface area contributed by atoms with Gasteiger partial charge < -0.3 is 19.4 Å². The van der Waals surface area contributed by atoms with Crippen LogP contribution in [-0.4, -0.2) is 51.4 Å². The first-order valence-corrected chi connectivity index (χ1v) is 12.2. The molecule has 1 aliphatic rings. The van der Waals surface area contributed by atoms with Crippen LogP contribution in [0.5, 0.6) is 0 Å². The fourth-order valence-corrected chi connectivity index (χ4v) is 4.59. The van der Waals surface area contributed by atoms with Gasteiger partial charge in [0, 0.05) is 36.7 Å². The molecule has 0 atom stereocenters. The molecular formula is C27H30F2N6O2. The lowest BCUT2D eigenvalue weighted by Gasteiger charge is -2.29. The van der Waals surface area contributed by atoms with E-state index < -0.39 is 23.2 Å². The molecule has 10 heteroatoms. The molecule has 1 saturated heterocycles. The Hall–Kier alpha value is -3.79. The Bertz CT molecular complexity index is 1500. The molecule has 0 radical (unpaired) electrons. The predicted octanol–water partition coefficient (Wildman–Crippen LogP) is 4.94. The molecule has 0 aliphatic carbocycles. The topological polar surface area (TPSA) is 76.7 Å². The van der Waals surface area contributed by atoms with Crippen LogP contribution in [0.15, 0.2) is 36.8 Å². The van der Waals surface area contributed by atoms with Gasteiger partial charge in [-0.3, -0.25) is 4.79 Å². The second kappa shape index (κ2) is 9.26. The Morgan fingerprint density at radius 2 is 1.81 bits per heavy atom. The first-order valence-electron chi connectivity index (χ1n) is 12.2. The summed E-state index contributed by atoms with van der Waals surface area (Å²) in [4.78, 5) is 19.7. The van der Waals surface area contributed by atoms with E-state index in [1.807, 2.05) is 36.7 Å². The zero-order valence-corrected chi connectivity index (χ0v) is 21.6. The normalized spacial score (nSPS) is 14.4. The highest BCUT2D eigenvalue weighted by Crippen LogP contribution is 2.34. The Kier molecular flexibility index (Phi) is 6.23. The highest BCUT2D eigenvalue weighted by atomic mass is 19.1. The number of anilines is 2. The summed E-state index contributed by atoms with van der Waals surface area (Å²) >= 11 is 0. The third-order valence-electron chi connectivity index (χ3n) is 6.59. The molecule has 1 fully saturated rings. The van der Waals surface area contributed by atoms with Gasteiger partial charge in [-0.25, -0.2) is 14.1 Å². The lowest BCUT2D eigenvalue weighted by atomic mass is 10.00. The zero-order chi connectivity index (χ0) is 26.5. The second-order valence-corrected chi connectivity index (χ2v) is 10.3. The van der Waals surface area contributed by atoms with E-state index >= 15 is 0 Å². The van der Waals surface area contributed by atoms with Gasteiger partial charge in [0.15, 0.2) is 5.65 Å². The van der Waals surface area contributed by atoms with Gasteiger partial charge in [-0.1, -0.05) is 0 Å². The van der Waals surface area contributed by atoms with Crippen LogP contribution in [0.25, 0.3) is 16.8 Å². The van der Waals surface area contributed by atoms with Crippen molar-refractivity contribution in [3.63, 3.8) is 0 Å². The number of hydrogen-bond acceptors (Lipinski definition) is 5. The lowest BCUT2D eigenvalue weighted by Crippen LogP contribution is -2.36. The number of hydrogen-bond donors (Lipinski definition) is 1. The lowest BCUT2D eigenvalue weighted by molar-refractivity contribution is 0.102. The summed E-state index contributed by atoms with van der Waals surface area (Å²) in [6.07, 6.45) is 4.94. The summed E-state index contributed by atoms with van der Waals surface area (Å²) in [7, 11) is 0. The fraction of sp³-hybridized carbons (Fsp3) is 0.370. The Morgan fingerprint density at radius 3 is 2.49 bits per heavy atom. The quantitative estimate of drug-likeness (QED) is 0.423. The van der Waals surface area contributed by atoms with Crippen LogP contribution < -0.4 is 10.2 Å². The summed E-state index contributed by atoms with van der Waals surface area (Å²) in [6, 6.07) is 5.00. The number of ether oxygens (including phenoxy) is 1. The van der Waals surface area contributed by atoms with Crippen molar-refractivity contribution in [3.05, 3.63) is 65.4 Å². The van der Waals surface area contributed by atoms with Gasteiger partial charge in [-0.2, -0.15) is 9.49 Å².